The molecule has 0 saturated carbocycles. The predicted molar refractivity (Wildman–Crippen MR) is 76.1 cm³/mol. The van der Waals surface area contributed by atoms with Gasteiger partial charge in [0.05, 0.1) is 27.9 Å². The Balaban J connectivity index is 2.09. The zero-order valence-electron chi connectivity index (χ0n) is 10.5. The minimum absolute atomic E-state index is 0.0323. The monoisotopic (exact) mass is 286 g/mol. The first-order chi connectivity index (χ1) is 9.61. The first-order valence-corrected chi connectivity index (χ1v) is 6.20. The van der Waals surface area contributed by atoms with E-state index < -0.39 is 5.97 Å². The van der Waals surface area contributed by atoms with Gasteiger partial charge in [0.25, 0.3) is 0 Å². The number of halogens is 1. The van der Waals surface area contributed by atoms with Gasteiger partial charge in [-0.25, -0.2) is 4.79 Å². The molecule has 0 aliphatic carbocycles. The van der Waals surface area contributed by atoms with Gasteiger partial charge in [0.15, 0.2) is 0 Å². The Morgan fingerprint density at radius 1 is 1.30 bits per heavy atom. The number of esters is 1. The van der Waals surface area contributed by atoms with E-state index in [-0.39, 0.29) is 6.61 Å². The van der Waals surface area contributed by atoms with Crippen LogP contribution in [-0.4, -0.2) is 5.97 Å². The van der Waals surface area contributed by atoms with E-state index in [2.05, 4.69) is 0 Å². The fraction of sp³-hybridized carbons (Fsp3) is 0.0667. The van der Waals surface area contributed by atoms with Crippen molar-refractivity contribution in [2.45, 2.75) is 6.61 Å². The van der Waals surface area contributed by atoms with Crippen LogP contribution in [-0.2, 0) is 11.3 Å². The van der Waals surface area contributed by atoms with Crippen molar-refractivity contribution < 1.29 is 9.53 Å². The highest BCUT2D eigenvalue weighted by Crippen LogP contribution is 2.20. The van der Waals surface area contributed by atoms with Crippen LogP contribution in [0.3, 0.4) is 0 Å². The number of rotatable bonds is 3. The zero-order chi connectivity index (χ0) is 14.5. The second-order valence-corrected chi connectivity index (χ2v) is 4.49. The first kappa shape index (κ1) is 13.9. The van der Waals surface area contributed by atoms with Gasteiger partial charge in [-0.1, -0.05) is 29.8 Å². The van der Waals surface area contributed by atoms with Crippen LogP contribution in [0.4, 0.5) is 5.69 Å². The maximum absolute atomic E-state index is 11.9. The van der Waals surface area contributed by atoms with Crippen LogP contribution in [0.5, 0.6) is 0 Å². The van der Waals surface area contributed by atoms with E-state index in [4.69, 9.17) is 27.3 Å². The number of carbonyl (C=O) groups excluding carboxylic acids is 1. The summed E-state index contributed by atoms with van der Waals surface area (Å²) in [7, 11) is 0. The van der Waals surface area contributed by atoms with Crippen LogP contribution < -0.4 is 5.73 Å². The average molecular weight is 287 g/mol. The molecule has 0 amide bonds. The van der Waals surface area contributed by atoms with E-state index in [9.17, 15) is 4.79 Å². The molecule has 0 spiro atoms. The molecule has 0 aliphatic heterocycles. The van der Waals surface area contributed by atoms with Gasteiger partial charge < -0.3 is 10.5 Å². The third kappa shape index (κ3) is 3.08. The molecule has 2 aromatic rings. The first-order valence-electron chi connectivity index (χ1n) is 5.82. The van der Waals surface area contributed by atoms with E-state index in [1.54, 1.807) is 36.4 Å². The number of anilines is 1. The van der Waals surface area contributed by atoms with Gasteiger partial charge in [0.1, 0.15) is 6.61 Å². The number of nitriles is 1. The lowest BCUT2D eigenvalue weighted by molar-refractivity contribution is 0.0472. The van der Waals surface area contributed by atoms with Gasteiger partial charge in [-0.05, 0) is 24.3 Å². The number of nitrogens with two attached hydrogens (primary N) is 1. The summed E-state index contributed by atoms with van der Waals surface area (Å²) in [4.78, 5) is 11.9. The largest absolute Gasteiger partial charge is 0.457 e. The van der Waals surface area contributed by atoms with E-state index in [0.717, 1.165) is 0 Å². The zero-order valence-corrected chi connectivity index (χ0v) is 11.2. The van der Waals surface area contributed by atoms with Crippen molar-refractivity contribution >= 4 is 23.3 Å². The molecule has 2 aromatic carbocycles. The molecular formula is C15H11ClN2O2. The topological polar surface area (TPSA) is 76.1 Å². The fourth-order valence-electron chi connectivity index (χ4n) is 1.64. The highest BCUT2D eigenvalue weighted by Gasteiger charge is 2.10. The van der Waals surface area contributed by atoms with Crippen molar-refractivity contribution in [3.63, 3.8) is 0 Å². The maximum Gasteiger partial charge on any atom is 0.338 e. The Labute approximate surface area is 121 Å². The summed E-state index contributed by atoms with van der Waals surface area (Å²) in [6.07, 6.45) is 0. The lowest BCUT2D eigenvalue weighted by atomic mass is 10.1. The summed E-state index contributed by atoms with van der Waals surface area (Å²) in [6.45, 7) is 0.0323. The fourth-order valence-corrected chi connectivity index (χ4v) is 1.82. The Hall–Kier alpha value is -2.51. The Morgan fingerprint density at radius 3 is 2.75 bits per heavy atom. The molecule has 0 aliphatic rings. The minimum atomic E-state index is -0.514. The molecule has 0 saturated heterocycles. The smallest absolute Gasteiger partial charge is 0.338 e. The van der Waals surface area contributed by atoms with E-state index in [1.807, 2.05) is 6.07 Å². The second-order valence-electron chi connectivity index (χ2n) is 4.08. The third-order valence-electron chi connectivity index (χ3n) is 2.73. The van der Waals surface area contributed by atoms with Crippen LogP contribution in [0, 0.1) is 11.3 Å². The molecule has 0 heterocycles. The van der Waals surface area contributed by atoms with Gasteiger partial charge in [0.2, 0.25) is 0 Å². The van der Waals surface area contributed by atoms with Crippen molar-refractivity contribution in [2.24, 2.45) is 0 Å². The van der Waals surface area contributed by atoms with Gasteiger partial charge in [-0.3, -0.25) is 0 Å². The van der Waals surface area contributed by atoms with Gasteiger partial charge in [-0.2, -0.15) is 5.26 Å². The number of nitrogen functional groups attached to an aromatic ring is 1. The molecule has 2 rings (SSSR count). The van der Waals surface area contributed by atoms with Gasteiger partial charge in [0, 0.05) is 5.56 Å². The molecule has 0 unspecified atom stereocenters. The summed E-state index contributed by atoms with van der Waals surface area (Å²) in [5, 5.41) is 9.25. The lowest BCUT2D eigenvalue weighted by Crippen LogP contribution is -2.06. The van der Waals surface area contributed by atoms with Crippen molar-refractivity contribution in [2.75, 3.05) is 5.73 Å². The summed E-state index contributed by atoms with van der Waals surface area (Å²) >= 11 is 5.85. The minimum Gasteiger partial charge on any atom is -0.457 e. The van der Waals surface area contributed by atoms with Crippen LogP contribution in [0.1, 0.15) is 21.5 Å². The summed E-state index contributed by atoms with van der Waals surface area (Å²) in [6, 6.07) is 13.5. The van der Waals surface area contributed by atoms with Crippen LogP contribution >= 0.6 is 11.6 Å². The molecule has 100 valence electrons. The summed E-state index contributed by atoms with van der Waals surface area (Å²) in [5.41, 5.74) is 7.43. The number of ether oxygens (including phenoxy) is 1. The molecule has 4 nitrogen and oxygen atoms in total. The predicted octanol–water partition coefficient (Wildman–Crippen LogP) is 3.15. The Kier molecular flexibility index (Phi) is 4.24. The van der Waals surface area contributed by atoms with Crippen molar-refractivity contribution in [1.82, 2.24) is 0 Å². The normalized spacial score (nSPS) is 9.80. The van der Waals surface area contributed by atoms with Crippen molar-refractivity contribution in [3.8, 4) is 6.07 Å². The van der Waals surface area contributed by atoms with Gasteiger partial charge >= 0.3 is 5.97 Å². The SMILES string of the molecule is N#Cc1ccccc1COC(=O)c1ccc(N)c(Cl)c1. The molecule has 0 atom stereocenters. The highest BCUT2D eigenvalue weighted by molar-refractivity contribution is 6.33. The third-order valence-corrected chi connectivity index (χ3v) is 3.06. The highest BCUT2D eigenvalue weighted by atomic mass is 35.5. The molecule has 0 bridgehead atoms. The maximum atomic E-state index is 11.9. The quantitative estimate of drug-likeness (QED) is 0.694. The van der Waals surface area contributed by atoms with Gasteiger partial charge in [-0.15, -0.1) is 0 Å². The number of carbonyl (C=O) groups is 1. The Morgan fingerprint density at radius 2 is 2.05 bits per heavy atom. The Bertz CT molecular complexity index is 693. The van der Waals surface area contributed by atoms with Crippen LogP contribution in [0.2, 0.25) is 5.02 Å². The molecule has 0 aromatic heterocycles. The molecule has 2 N–H and O–H groups in total. The molecule has 5 heteroatoms. The standard InChI is InChI=1S/C15H11ClN2O2/c16-13-7-10(5-6-14(13)18)15(19)20-9-12-4-2-1-3-11(12)8-17/h1-7H,9,18H2. The number of nitrogens with zero attached hydrogens (tertiary/aromatic N) is 1. The van der Waals surface area contributed by atoms with Crippen LogP contribution in [0.15, 0.2) is 42.5 Å². The summed E-state index contributed by atoms with van der Waals surface area (Å²) < 4.78 is 5.16. The van der Waals surface area contributed by atoms with Crippen molar-refractivity contribution in [3.05, 3.63) is 64.2 Å². The van der Waals surface area contributed by atoms with E-state index in [0.29, 0.717) is 27.4 Å². The molecule has 20 heavy (non-hydrogen) atoms. The lowest BCUT2D eigenvalue weighted by Gasteiger charge is -2.07. The molecule has 0 fully saturated rings. The van der Waals surface area contributed by atoms with E-state index >= 15 is 0 Å². The number of benzene rings is 2. The average Bonchev–Trinajstić information content (AvgIpc) is 2.47. The number of hydrogen-bond acceptors (Lipinski definition) is 4. The second kappa shape index (κ2) is 6.09. The van der Waals surface area contributed by atoms with E-state index in [1.165, 1.54) is 6.07 Å². The summed E-state index contributed by atoms with van der Waals surface area (Å²) in [5.74, 6) is -0.514. The molecular weight excluding hydrogens is 276 g/mol. The van der Waals surface area contributed by atoms with Crippen molar-refractivity contribution in [1.29, 1.82) is 5.26 Å². The number of hydrogen-bond donors (Lipinski definition) is 1. The van der Waals surface area contributed by atoms with Crippen LogP contribution in [0.25, 0.3) is 0 Å². The molecule has 0 radical (unpaired) electrons.